The number of carbonyl (C=O) groups is 2. The van der Waals surface area contributed by atoms with Crippen molar-refractivity contribution in [2.75, 3.05) is 11.1 Å². The molecule has 0 saturated carbocycles. The van der Waals surface area contributed by atoms with Gasteiger partial charge in [-0.3, -0.25) is 24.0 Å². The number of benzene rings is 6. The number of nitrogens with two attached hydrogens (primary N) is 1. The van der Waals surface area contributed by atoms with Crippen molar-refractivity contribution in [3.8, 4) is 11.5 Å². The first kappa shape index (κ1) is 41.6. The Balaban J connectivity index is 1.24. The van der Waals surface area contributed by atoms with E-state index in [9.17, 15) is 55.9 Å². The Hall–Kier alpha value is -8.06. The number of nitrogen functional groups attached to an aromatic ring is 1. The number of carbonyl (C=O) groups excluding carboxylic acids is 1. The number of nitrogens with one attached hydrogen (secondary N) is 1. The fourth-order valence-electron chi connectivity index (χ4n) is 5.33. The monoisotopic (exact) mass is 855 g/mol. The summed E-state index contributed by atoms with van der Waals surface area (Å²) in [7, 11) is -10.3. The van der Waals surface area contributed by atoms with Crippen LogP contribution in [0.25, 0.3) is 10.8 Å². The van der Waals surface area contributed by atoms with E-state index in [2.05, 4.69) is 36.0 Å². The van der Waals surface area contributed by atoms with Crippen LogP contribution < -0.4 is 11.1 Å². The Morgan fingerprint density at radius 2 is 1.12 bits per heavy atom. The predicted molar refractivity (Wildman–Crippen MR) is 211 cm³/mol. The van der Waals surface area contributed by atoms with E-state index < -0.39 is 86.2 Å². The van der Waals surface area contributed by atoms with Gasteiger partial charge in [-0.15, -0.1) is 10.2 Å². The second kappa shape index (κ2) is 16.4. The maximum absolute atomic E-state index is 12.9. The molecule has 0 aromatic heterocycles. The molecule has 0 atom stereocenters. The van der Waals surface area contributed by atoms with Gasteiger partial charge < -0.3 is 26.4 Å². The molecule has 8 N–H and O–H groups in total. The van der Waals surface area contributed by atoms with Crippen molar-refractivity contribution in [2.45, 2.75) is 9.79 Å². The van der Waals surface area contributed by atoms with E-state index in [1.54, 1.807) is 0 Å². The standard InChI is InChI=1S/C36H25N9O13S2/c37-31-30-19(15-28(59(53,54)55)32(31)43-40-23-9-12-25(13-10-23)45(51)52)16-29(60(56,57)58)33(34(30)47)44-41-22-7-5-20(6-8-22)38-35(48)18-1-3-21(4-2-18)39-42-24-11-14-27(46)26(17-24)36(49)50/h1-17,46-47H,37H2,(H,38,48)(H,49,50)(H,53,54,55)(H,56,57,58). The van der Waals surface area contributed by atoms with Crippen LogP contribution in [0.3, 0.4) is 0 Å². The van der Waals surface area contributed by atoms with E-state index >= 15 is 0 Å². The molecule has 0 saturated heterocycles. The third-order valence-corrected chi connectivity index (χ3v) is 9.94. The maximum atomic E-state index is 12.9. The molecule has 60 heavy (non-hydrogen) atoms. The van der Waals surface area contributed by atoms with E-state index in [0.717, 1.165) is 24.3 Å². The first-order valence-electron chi connectivity index (χ1n) is 16.4. The molecule has 304 valence electrons. The zero-order chi connectivity index (χ0) is 43.5. The fourth-order valence-corrected chi connectivity index (χ4v) is 6.66. The number of non-ortho nitro benzene ring substituents is 1. The van der Waals surface area contributed by atoms with Gasteiger partial charge in [0.05, 0.1) is 38.7 Å². The minimum atomic E-state index is -5.19. The summed E-state index contributed by atoms with van der Waals surface area (Å²) in [5.74, 6) is -3.30. The smallest absolute Gasteiger partial charge is 0.339 e. The number of carboxylic acid groups (broad SMARTS) is 1. The van der Waals surface area contributed by atoms with Gasteiger partial charge in [0.15, 0.2) is 5.75 Å². The molecule has 0 radical (unpaired) electrons. The molecule has 0 aliphatic heterocycles. The molecule has 1 amide bonds. The number of anilines is 2. The van der Waals surface area contributed by atoms with Crippen LogP contribution >= 0.6 is 0 Å². The Morgan fingerprint density at radius 3 is 1.65 bits per heavy atom. The number of aromatic carboxylic acids is 1. The molecule has 0 heterocycles. The van der Waals surface area contributed by atoms with Gasteiger partial charge in [-0.05, 0) is 96.4 Å². The van der Waals surface area contributed by atoms with E-state index in [-0.39, 0.29) is 39.6 Å². The van der Waals surface area contributed by atoms with Gasteiger partial charge in [-0.25, -0.2) is 4.79 Å². The van der Waals surface area contributed by atoms with Gasteiger partial charge in [0.25, 0.3) is 31.8 Å². The van der Waals surface area contributed by atoms with Gasteiger partial charge >= 0.3 is 5.97 Å². The molecule has 0 unspecified atom stereocenters. The Bertz CT molecular complexity index is 3050. The lowest BCUT2D eigenvalue weighted by atomic mass is 10.1. The highest BCUT2D eigenvalue weighted by Gasteiger charge is 2.28. The van der Waals surface area contributed by atoms with Crippen LogP contribution in [0.4, 0.5) is 51.2 Å². The molecule has 0 spiro atoms. The molecule has 0 bridgehead atoms. The van der Waals surface area contributed by atoms with Crippen molar-refractivity contribution in [2.24, 2.45) is 30.7 Å². The van der Waals surface area contributed by atoms with Crippen LogP contribution in [-0.2, 0) is 20.2 Å². The highest BCUT2D eigenvalue weighted by Crippen LogP contribution is 2.48. The molecule has 6 aromatic carbocycles. The van der Waals surface area contributed by atoms with Crippen molar-refractivity contribution < 1.29 is 55.8 Å². The Morgan fingerprint density at radius 1 is 0.650 bits per heavy atom. The van der Waals surface area contributed by atoms with Crippen LogP contribution in [0.1, 0.15) is 20.7 Å². The highest BCUT2D eigenvalue weighted by atomic mass is 32.2. The first-order valence-corrected chi connectivity index (χ1v) is 19.3. The number of nitrogens with zero attached hydrogens (tertiary/aromatic N) is 7. The summed E-state index contributed by atoms with van der Waals surface area (Å²) in [6, 6.07) is 21.1. The molecule has 0 fully saturated rings. The summed E-state index contributed by atoms with van der Waals surface area (Å²) < 4.78 is 69.5. The maximum Gasteiger partial charge on any atom is 0.339 e. The van der Waals surface area contributed by atoms with E-state index in [1.165, 1.54) is 72.8 Å². The third kappa shape index (κ3) is 9.21. The largest absolute Gasteiger partial charge is 0.507 e. The lowest BCUT2D eigenvalue weighted by Crippen LogP contribution is -2.11. The topological polar surface area (TPSA) is 359 Å². The number of fused-ring (bicyclic) bond motifs is 1. The fraction of sp³-hybridized carbons (Fsp3) is 0. The molecule has 24 heteroatoms. The van der Waals surface area contributed by atoms with Crippen LogP contribution in [-0.4, -0.2) is 58.1 Å². The van der Waals surface area contributed by atoms with Crippen molar-refractivity contribution in [1.82, 2.24) is 0 Å². The van der Waals surface area contributed by atoms with E-state index in [4.69, 9.17) is 10.8 Å². The van der Waals surface area contributed by atoms with Crippen LogP contribution in [0.15, 0.2) is 144 Å². The second-order valence-electron chi connectivity index (χ2n) is 12.2. The van der Waals surface area contributed by atoms with Gasteiger partial charge in [0.1, 0.15) is 32.5 Å². The van der Waals surface area contributed by atoms with E-state index in [1.807, 2.05) is 0 Å². The Kier molecular flexibility index (Phi) is 11.4. The Labute approximate surface area is 336 Å². The number of hydrogen-bond donors (Lipinski definition) is 7. The number of hydrogen-bond acceptors (Lipinski definition) is 17. The number of phenolic OH excluding ortho intramolecular Hbond substituents is 1. The lowest BCUT2D eigenvalue weighted by Gasteiger charge is -2.14. The molecule has 22 nitrogen and oxygen atoms in total. The second-order valence-corrected chi connectivity index (χ2v) is 15.0. The quantitative estimate of drug-likeness (QED) is 0.0200. The number of azo groups is 3. The summed E-state index contributed by atoms with van der Waals surface area (Å²) in [4.78, 5) is 32.4. The number of nitro benzene ring substituents is 1. The number of nitro groups is 1. The van der Waals surface area contributed by atoms with Gasteiger partial charge in [-0.1, -0.05) is 0 Å². The van der Waals surface area contributed by atoms with Gasteiger partial charge in [-0.2, -0.15) is 37.3 Å². The lowest BCUT2D eigenvalue weighted by molar-refractivity contribution is -0.384. The van der Waals surface area contributed by atoms with Crippen LogP contribution in [0.2, 0.25) is 0 Å². The predicted octanol–water partition coefficient (Wildman–Crippen LogP) is 8.43. The number of phenols is 2. The highest BCUT2D eigenvalue weighted by molar-refractivity contribution is 7.86. The average Bonchev–Trinajstić information content (AvgIpc) is 3.19. The number of amides is 1. The minimum absolute atomic E-state index is 0.00504. The van der Waals surface area contributed by atoms with Crippen molar-refractivity contribution >= 4 is 94.1 Å². The molecule has 0 aliphatic carbocycles. The summed E-state index contributed by atoms with van der Waals surface area (Å²) in [5.41, 5.74) is 4.47. The molecule has 6 rings (SSSR count). The molecule has 6 aromatic rings. The average molecular weight is 856 g/mol. The van der Waals surface area contributed by atoms with Crippen molar-refractivity contribution in [3.63, 3.8) is 0 Å². The SMILES string of the molecule is Nc1c(N=Nc2ccc([N+](=O)[O-])cc2)c(S(=O)(=O)O)cc2cc(S(=O)(=O)O)c(N=Nc3ccc(NC(=O)c4ccc(N=Nc5ccc(O)c(C(=O)O)c5)cc4)cc3)c(O)c12. The first-order chi connectivity index (χ1) is 28.3. The normalized spacial score (nSPS) is 12.1. The summed E-state index contributed by atoms with van der Waals surface area (Å²) in [6.45, 7) is 0. The van der Waals surface area contributed by atoms with E-state index in [0.29, 0.717) is 11.8 Å². The zero-order valence-corrected chi connectivity index (χ0v) is 31.5. The minimum Gasteiger partial charge on any atom is -0.507 e. The molecular weight excluding hydrogens is 831 g/mol. The summed E-state index contributed by atoms with van der Waals surface area (Å²) in [6.07, 6.45) is 0. The number of carboxylic acids is 1. The third-order valence-electron chi connectivity index (χ3n) is 8.21. The van der Waals surface area contributed by atoms with Crippen LogP contribution in [0, 0.1) is 10.1 Å². The molecular formula is C36H25N9O13S2. The van der Waals surface area contributed by atoms with Crippen LogP contribution in [0.5, 0.6) is 11.5 Å². The van der Waals surface area contributed by atoms with Gasteiger partial charge in [0, 0.05) is 23.4 Å². The van der Waals surface area contributed by atoms with Crippen molar-refractivity contribution in [3.05, 3.63) is 124 Å². The summed E-state index contributed by atoms with van der Waals surface area (Å²) >= 11 is 0. The van der Waals surface area contributed by atoms with Gasteiger partial charge in [0.2, 0.25) is 0 Å². The zero-order valence-electron chi connectivity index (χ0n) is 29.8. The number of rotatable bonds is 12. The number of aromatic hydroxyl groups is 2. The molecule has 0 aliphatic rings. The summed E-state index contributed by atoms with van der Waals surface area (Å²) in [5, 5.41) is 66.1. The van der Waals surface area contributed by atoms with Crippen molar-refractivity contribution in [1.29, 1.82) is 0 Å².